The molecule has 4 aliphatic heterocycles. The molecule has 224 valence electrons. The predicted molar refractivity (Wildman–Crippen MR) is 157 cm³/mol. The summed E-state index contributed by atoms with van der Waals surface area (Å²) in [4.78, 5) is 29.7. The van der Waals surface area contributed by atoms with Gasteiger partial charge in [-0.2, -0.15) is 0 Å². The maximum absolute atomic E-state index is 13.0. The van der Waals surface area contributed by atoms with Crippen molar-refractivity contribution in [3.05, 3.63) is 101 Å². The first-order valence-electron chi connectivity index (χ1n) is 15.0. The van der Waals surface area contributed by atoms with Crippen molar-refractivity contribution in [2.75, 3.05) is 37.7 Å². The number of piperidine rings is 1. The molecule has 3 saturated heterocycles. The molecule has 9 nitrogen and oxygen atoms in total. The number of amides is 2. The van der Waals surface area contributed by atoms with Crippen molar-refractivity contribution in [2.45, 2.75) is 50.7 Å². The van der Waals surface area contributed by atoms with Crippen LogP contribution in [0.5, 0.6) is 0 Å². The Kier molecular flexibility index (Phi) is 7.63. The number of aliphatic hydroxyl groups is 1. The third-order valence-corrected chi connectivity index (χ3v) is 9.21. The largest absolute Gasteiger partial charge is 0.392 e. The molecule has 1 N–H and O–H groups in total. The minimum atomic E-state index is -0.641. The molecule has 0 saturated carbocycles. The quantitative estimate of drug-likeness (QED) is 0.420. The van der Waals surface area contributed by atoms with Crippen LogP contribution < -0.4 is 4.90 Å². The number of carbonyl (C=O) groups excluding carboxylic acids is 2. The Bertz CT molecular complexity index is 1440. The molecular formula is C34H36N2O7. The lowest BCUT2D eigenvalue weighted by atomic mass is 9.89. The summed E-state index contributed by atoms with van der Waals surface area (Å²) in [7, 11) is 0. The average molecular weight is 585 g/mol. The second-order valence-corrected chi connectivity index (χ2v) is 11.8. The first kappa shape index (κ1) is 28.3. The molecular weight excluding hydrogens is 548 g/mol. The zero-order chi connectivity index (χ0) is 29.6. The fourth-order valence-corrected chi connectivity index (χ4v) is 6.65. The maximum Gasteiger partial charge on any atom is 0.266 e. The van der Waals surface area contributed by atoms with Crippen LogP contribution in [0.3, 0.4) is 0 Å². The summed E-state index contributed by atoms with van der Waals surface area (Å²) in [5.74, 6) is -1.02. The lowest BCUT2D eigenvalue weighted by Crippen LogP contribution is -2.50. The van der Waals surface area contributed by atoms with E-state index in [9.17, 15) is 14.7 Å². The van der Waals surface area contributed by atoms with Gasteiger partial charge in [0.05, 0.1) is 48.8 Å². The normalized spacial score (nSPS) is 27.2. The zero-order valence-electron chi connectivity index (χ0n) is 24.2. The molecule has 2 amide bonds. The minimum Gasteiger partial charge on any atom is -0.392 e. The summed E-state index contributed by atoms with van der Waals surface area (Å²) in [6.07, 6.45) is 0.679. The van der Waals surface area contributed by atoms with Crippen molar-refractivity contribution in [1.82, 2.24) is 4.90 Å². The van der Waals surface area contributed by atoms with E-state index < -0.39 is 12.1 Å². The Morgan fingerprint density at radius 3 is 2.02 bits per heavy atom. The average Bonchev–Trinajstić information content (AvgIpc) is 3.61. The monoisotopic (exact) mass is 584 g/mol. The van der Waals surface area contributed by atoms with Crippen LogP contribution in [0.25, 0.3) is 0 Å². The number of likely N-dealkylation sites (tertiary alicyclic amines) is 1. The number of hydrogen-bond donors (Lipinski definition) is 1. The highest BCUT2D eigenvalue weighted by atomic mass is 16.7. The standard InChI is InChI=1S/C34H36N2O7/c1-22-29(20-35-16-14-34(15-17-35)40-18-19-41-34)42-33(43-30(22)24-8-6-23(21-37)7-9-24)25-10-12-26(13-11-25)36-31(38)27-4-2-3-5-28(27)32(36)39/h2-13,22,29-30,33,37H,14-21H2,1H3/t22-,29+,30+,33+/m1/s1. The van der Waals surface area contributed by atoms with E-state index in [1.165, 1.54) is 4.90 Å². The van der Waals surface area contributed by atoms with Crippen LogP contribution in [0.2, 0.25) is 0 Å². The summed E-state index contributed by atoms with van der Waals surface area (Å²) in [5.41, 5.74) is 4.01. The topological polar surface area (TPSA) is 97.8 Å². The molecule has 0 unspecified atom stereocenters. The number of benzene rings is 3. The Morgan fingerprint density at radius 2 is 1.42 bits per heavy atom. The number of carbonyl (C=O) groups is 2. The van der Waals surface area contributed by atoms with Crippen molar-refractivity contribution < 1.29 is 33.6 Å². The summed E-state index contributed by atoms with van der Waals surface area (Å²) >= 11 is 0. The van der Waals surface area contributed by atoms with Crippen molar-refractivity contribution in [2.24, 2.45) is 5.92 Å². The van der Waals surface area contributed by atoms with Crippen molar-refractivity contribution in [3.8, 4) is 0 Å². The van der Waals surface area contributed by atoms with E-state index in [0.717, 1.165) is 49.2 Å². The summed E-state index contributed by atoms with van der Waals surface area (Å²) in [6, 6.07) is 22.0. The Hall–Kier alpha value is -3.44. The molecule has 3 aromatic rings. The highest BCUT2D eigenvalue weighted by molar-refractivity contribution is 6.34. The molecule has 0 bridgehead atoms. The van der Waals surface area contributed by atoms with Crippen LogP contribution >= 0.6 is 0 Å². The number of ether oxygens (including phenoxy) is 4. The van der Waals surface area contributed by atoms with Crippen LogP contribution in [-0.2, 0) is 25.6 Å². The SMILES string of the molecule is C[C@@H]1[C@H](CN2CCC3(CC2)OCCO3)O[C@H](c2ccc(N3C(=O)c4ccccc4C3=O)cc2)O[C@@H]1c1ccc(CO)cc1. The zero-order valence-corrected chi connectivity index (χ0v) is 24.2. The molecule has 0 aromatic heterocycles. The summed E-state index contributed by atoms with van der Waals surface area (Å²) < 4.78 is 25.1. The lowest BCUT2D eigenvalue weighted by molar-refractivity contribution is -0.278. The lowest BCUT2D eigenvalue weighted by Gasteiger charge is -2.44. The van der Waals surface area contributed by atoms with E-state index in [1.54, 1.807) is 36.4 Å². The molecule has 43 heavy (non-hydrogen) atoms. The molecule has 0 radical (unpaired) electrons. The van der Waals surface area contributed by atoms with Crippen LogP contribution in [0.4, 0.5) is 5.69 Å². The van der Waals surface area contributed by atoms with Gasteiger partial charge in [-0.1, -0.05) is 55.5 Å². The molecule has 1 spiro atoms. The van der Waals surface area contributed by atoms with Crippen LogP contribution in [0, 0.1) is 5.92 Å². The number of aliphatic hydroxyl groups excluding tert-OH is 1. The number of rotatable bonds is 6. The first-order chi connectivity index (χ1) is 20.9. The number of imide groups is 1. The molecule has 4 aliphatic rings. The Balaban J connectivity index is 1.11. The third-order valence-electron chi connectivity index (χ3n) is 9.21. The Labute approximate surface area is 250 Å². The van der Waals surface area contributed by atoms with Crippen molar-refractivity contribution in [1.29, 1.82) is 0 Å². The second kappa shape index (κ2) is 11.6. The van der Waals surface area contributed by atoms with Crippen LogP contribution in [0.15, 0.2) is 72.8 Å². The molecule has 4 heterocycles. The van der Waals surface area contributed by atoms with E-state index in [0.29, 0.717) is 30.0 Å². The summed E-state index contributed by atoms with van der Waals surface area (Å²) in [6.45, 7) is 5.93. The smallest absolute Gasteiger partial charge is 0.266 e. The fraction of sp³-hybridized carbons (Fsp3) is 0.412. The molecule has 9 heteroatoms. The maximum atomic E-state index is 13.0. The van der Waals surface area contributed by atoms with E-state index >= 15 is 0 Å². The van der Waals surface area contributed by atoms with Gasteiger partial charge < -0.3 is 29.0 Å². The predicted octanol–water partition coefficient (Wildman–Crippen LogP) is 4.61. The minimum absolute atomic E-state index is 0.0148. The molecule has 4 atom stereocenters. The molecule has 3 fully saturated rings. The molecule has 7 rings (SSSR count). The number of nitrogens with zero attached hydrogens (tertiary/aromatic N) is 2. The van der Waals surface area contributed by atoms with E-state index in [-0.39, 0.29) is 36.5 Å². The highest BCUT2D eigenvalue weighted by Gasteiger charge is 2.43. The van der Waals surface area contributed by atoms with Gasteiger partial charge in [-0.3, -0.25) is 9.59 Å². The van der Waals surface area contributed by atoms with Gasteiger partial charge in [-0.05, 0) is 35.4 Å². The number of fused-ring (bicyclic) bond motifs is 1. The van der Waals surface area contributed by atoms with E-state index in [4.69, 9.17) is 18.9 Å². The molecule has 0 aliphatic carbocycles. The van der Waals surface area contributed by atoms with Gasteiger partial charge in [0, 0.05) is 44.0 Å². The van der Waals surface area contributed by atoms with E-state index in [1.807, 2.05) is 36.4 Å². The van der Waals surface area contributed by atoms with Gasteiger partial charge in [-0.15, -0.1) is 0 Å². The summed E-state index contributed by atoms with van der Waals surface area (Å²) in [5, 5.41) is 9.55. The fourth-order valence-electron chi connectivity index (χ4n) is 6.65. The van der Waals surface area contributed by atoms with Gasteiger partial charge in [-0.25, -0.2) is 4.90 Å². The van der Waals surface area contributed by atoms with Gasteiger partial charge in [0.2, 0.25) is 0 Å². The number of anilines is 1. The molecule has 3 aromatic carbocycles. The van der Waals surface area contributed by atoms with Gasteiger partial charge in [0.15, 0.2) is 12.1 Å². The third kappa shape index (κ3) is 5.31. The van der Waals surface area contributed by atoms with Crippen LogP contribution in [0.1, 0.15) is 69.6 Å². The first-order valence-corrected chi connectivity index (χ1v) is 15.0. The van der Waals surface area contributed by atoms with Crippen LogP contribution in [-0.4, -0.2) is 66.6 Å². The van der Waals surface area contributed by atoms with Gasteiger partial charge >= 0.3 is 0 Å². The van der Waals surface area contributed by atoms with Crippen molar-refractivity contribution >= 4 is 17.5 Å². The highest BCUT2D eigenvalue weighted by Crippen LogP contribution is 2.43. The van der Waals surface area contributed by atoms with Gasteiger partial charge in [0.25, 0.3) is 11.8 Å². The number of hydrogen-bond acceptors (Lipinski definition) is 8. The Morgan fingerprint density at radius 1 is 0.814 bits per heavy atom. The van der Waals surface area contributed by atoms with E-state index in [2.05, 4.69) is 11.8 Å². The van der Waals surface area contributed by atoms with Gasteiger partial charge in [0.1, 0.15) is 0 Å². The van der Waals surface area contributed by atoms with Crippen molar-refractivity contribution in [3.63, 3.8) is 0 Å². The second-order valence-electron chi connectivity index (χ2n) is 11.8.